The molecular weight excluding hydrogens is 270 g/mol. The van der Waals surface area contributed by atoms with Gasteiger partial charge in [-0.2, -0.15) is 0 Å². The van der Waals surface area contributed by atoms with Crippen LogP contribution in [-0.4, -0.2) is 19.0 Å². The van der Waals surface area contributed by atoms with Crippen LogP contribution < -0.4 is 11.1 Å². The van der Waals surface area contributed by atoms with Gasteiger partial charge in [-0.05, 0) is 30.4 Å². The zero-order chi connectivity index (χ0) is 14.6. The maximum absolute atomic E-state index is 6.26. The van der Waals surface area contributed by atoms with Crippen molar-refractivity contribution in [2.45, 2.75) is 38.5 Å². The van der Waals surface area contributed by atoms with Gasteiger partial charge in [-0.25, -0.2) is 0 Å². The molecule has 0 aliphatic heterocycles. The highest BCUT2D eigenvalue weighted by atomic mass is 35.5. The summed E-state index contributed by atoms with van der Waals surface area (Å²) in [5.74, 6) is 1.32. The van der Waals surface area contributed by atoms with Gasteiger partial charge in [0.2, 0.25) is 0 Å². The van der Waals surface area contributed by atoms with Crippen molar-refractivity contribution in [3.8, 4) is 0 Å². The molecule has 0 unspecified atom stereocenters. The second-order valence-corrected chi connectivity index (χ2v) is 6.65. The van der Waals surface area contributed by atoms with Gasteiger partial charge in [-0.15, -0.1) is 0 Å². The Morgan fingerprint density at radius 3 is 2.70 bits per heavy atom. The van der Waals surface area contributed by atoms with Crippen molar-refractivity contribution in [1.82, 2.24) is 5.32 Å². The Morgan fingerprint density at radius 1 is 1.40 bits per heavy atom. The van der Waals surface area contributed by atoms with Crippen LogP contribution in [0.1, 0.15) is 38.7 Å². The average molecular weight is 294 g/mol. The summed E-state index contributed by atoms with van der Waals surface area (Å²) in [7, 11) is 0. The molecule has 20 heavy (non-hydrogen) atoms. The summed E-state index contributed by atoms with van der Waals surface area (Å²) in [5, 5.41) is 4.00. The number of aliphatic imine (C=N–C) groups is 1. The molecule has 1 aliphatic carbocycles. The molecule has 1 aromatic carbocycles. The summed E-state index contributed by atoms with van der Waals surface area (Å²) in [6, 6.07) is 7.92. The van der Waals surface area contributed by atoms with Crippen LogP contribution in [0.15, 0.2) is 29.3 Å². The number of nitrogens with two attached hydrogens (primary N) is 1. The number of hydrogen-bond donors (Lipinski definition) is 2. The van der Waals surface area contributed by atoms with Crippen LogP contribution in [0.4, 0.5) is 0 Å². The van der Waals surface area contributed by atoms with E-state index in [1.165, 1.54) is 19.3 Å². The van der Waals surface area contributed by atoms with Crippen molar-refractivity contribution in [3.05, 3.63) is 34.9 Å². The maximum Gasteiger partial charge on any atom is 0.188 e. The van der Waals surface area contributed by atoms with Crippen molar-refractivity contribution in [2.24, 2.45) is 16.6 Å². The molecule has 3 N–H and O–H groups in total. The molecule has 0 radical (unpaired) electrons. The minimum absolute atomic E-state index is 0.124. The van der Waals surface area contributed by atoms with Crippen LogP contribution in [0, 0.1) is 5.92 Å². The quantitative estimate of drug-likeness (QED) is 0.646. The van der Waals surface area contributed by atoms with Crippen molar-refractivity contribution in [1.29, 1.82) is 0 Å². The first-order valence-electron chi connectivity index (χ1n) is 7.28. The summed E-state index contributed by atoms with van der Waals surface area (Å²) in [6.45, 7) is 5.84. The largest absolute Gasteiger partial charge is 0.370 e. The summed E-state index contributed by atoms with van der Waals surface area (Å²) in [4.78, 5) is 4.47. The first-order valence-corrected chi connectivity index (χ1v) is 7.65. The molecule has 0 atom stereocenters. The van der Waals surface area contributed by atoms with E-state index < -0.39 is 0 Å². The second kappa shape index (κ2) is 6.49. The Morgan fingerprint density at radius 2 is 2.10 bits per heavy atom. The minimum Gasteiger partial charge on any atom is -0.370 e. The van der Waals surface area contributed by atoms with Crippen LogP contribution in [0.2, 0.25) is 5.02 Å². The van der Waals surface area contributed by atoms with Crippen LogP contribution in [-0.2, 0) is 5.41 Å². The zero-order valence-corrected chi connectivity index (χ0v) is 13.1. The van der Waals surface area contributed by atoms with Crippen LogP contribution in [0.5, 0.6) is 0 Å². The van der Waals surface area contributed by atoms with Gasteiger partial charge in [0.25, 0.3) is 0 Å². The summed E-state index contributed by atoms with van der Waals surface area (Å²) >= 11 is 6.26. The van der Waals surface area contributed by atoms with E-state index >= 15 is 0 Å². The molecule has 4 heteroatoms. The van der Waals surface area contributed by atoms with E-state index in [4.69, 9.17) is 17.3 Å². The van der Waals surface area contributed by atoms with Gasteiger partial charge in [-0.3, -0.25) is 4.99 Å². The van der Waals surface area contributed by atoms with Gasteiger partial charge in [0.05, 0.1) is 6.54 Å². The molecule has 1 aromatic rings. The lowest BCUT2D eigenvalue weighted by Gasteiger charge is -2.26. The van der Waals surface area contributed by atoms with E-state index in [1.807, 2.05) is 18.2 Å². The second-order valence-electron chi connectivity index (χ2n) is 6.24. The fourth-order valence-corrected chi connectivity index (χ4v) is 2.77. The predicted molar refractivity (Wildman–Crippen MR) is 86.3 cm³/mol. The topological polar surface area (TPSA) is 50.4 Å². The molecule has 0 spiro atoms. The summed E-state index contributed by atoms with van der Waals surface area (Å²) in [5.41, 5.74) is 6.91. The van der Waals surface area contributed by atoms with Crippen molar-refractivity contribution in [3.63, 3.8) is 0 Å². The van der Waals surface area contributed by atoms with E-state index in [9.17, 15) is 0 Å². The number of rotatable bonds is 5. The Balaban J connectivity index is 1.91. The molecule has 1 saturated carbocycles. The van der Waals surface area contributed by atoms with Gasteiger partial charge in [0.1, 0.15) is 0 Å². The Bertz CT molecular complexity index is 478. The van der Waals surface area contributed by atoms with Crippen molar-refractivity contribution < 1.29 is 0 Å². The third-order valence-corrected chi connectivity index (χ3v) is 4.37. The monoisotopic (exact) mass is 293 g/mol. The number of halogens is 1. The molecule has 3 nitrogen and oxygen atoms in total. The van der Waals surface area contributed by atoms with Gasteiger partial charge in [0, 0.05) is 17.0 Å². The minimum atomic E-state index is -0.124. The molecule has 0 saturated heterocycles. The number of nitrogens with zero attached hydrogens (tertiary/aromatic N) is 1. The van der Waals surface area contributed by atoms with E-state index in [1.54, 1.807) is 0 Å². The molecule has 0 heterocycles. The van der Waals surface area contributed by atoms with Gasteiger partial charge >= 0.3 is 0 Å². The third-order valence-electron chi connectivity index (χ3n) is 4.04. The van der Waals surface area contributed by atoms with Crippen LogP contribution in [0.3, 0.4) is 0 Å². The lowest BCUT2D eigenvalue weighted by molar-refractivity contribution is 0.315. The summed E-state index contributed by atoms with van der Waals surface area (Å²) < 4.78 is 0. The Hall–Kier alpha value is -1.22. The smallest absolute Gasteiger partial charge is 0.188 e. The number of guanidine groups is 1. The van der Waals surface area contributed by atoms with E-state index in [2.05, 4.69) is 30.2 Å². The molecular formula is C16H24ClN3. The van der Waals surface area contributed by atoms with Crippen molar-refractivity contribution in [2.75, 3.05) is 13.1 Å². The number of nitrogens with one attached hydrogen (secondary N) is 1. The van der Waals surface area contributed by atoms with Gasteiger partial charge < -0.3 is 11.1 Å². The van der Waals surface area contributed by atoms with E-state index in [0.717, 1.165) is 23.0 Å². The predicted octanol–water partition coefficient (Wildman–Crippen LogP) is 3.32. The average Bonchev–Trinajstić information content (AvgIpc) is 2.35. The normalized spacial score (nSPS) is 16.9. The molecule has 110 valence electrons. The van der Waals surface area contributed by atoms with E-state index in [-0.39, 0.29) is 5.41 Å². The van der Waals surface area contributed by atoms with E-state index in [0.29, 0.717) is 12.5 Å². The van der Waals surface area contributed by atoms with Crippen LogP contribution >= 0.6 is 11.6 Å². The molecule has 1 aliphatic rings. The Kier molecular flexibility index (Phi) is 4.92. The molecule has 1 fully saturated rings. The Labute approximate surface area is 126 Å². The maximum atomic E-state index is 6.26. The standard InChI is InChI=1S/C16H24ClN3/c1-16(2,13-8-3-4-9-14(13)17)11-20-15(18)19-10-12-6-5-7-12/h3-4,8-9,12H,5-7,10-11H2,1-2H3,(H3,18,19,20). The first-order chi connectivity index (χ1) is 9.49. The SMILES string of the molecule is CC(C)(CN=C(N)NCC1CCC1)c1ccccc1Cl. The van der Waals surface area contributed by atoms with Gasteiger partial charge in [-0.1, -0.05) is 50.1 Å². The zero-order valence-electron chi connectivity index (χ0n) is 12.3. The third kappa shape index (κ3) is 3.89. The highest BCUT2D eigenvalue weighted by molar-refractivity contribution is 6.31. The van der Waals surface area contributed by atoms with Crippen molar-refractivity contribution >= 4 is 17.6 Å². The molecule has 0 amide bonds. The molecule has 2 rings (SSSR count). The highest BCUT2D eigenvalue weighted by Crippen LogP contribution is 2.29. The highest BCUT2D eigenvalue weighted by Gasteiger charge is 2.23. The van der Waals surface area contributed by atoms with Crippen LogP contribution in [0.25, 0.3) is 0 Å². The molecule has 0 bridgehead atoms. The fraction of sp³-hybridized carbons (Fsp3) is 0.562. The van der Waals surface area contributed by atoms with Gasteiger partial charge in [0.15, 0.2) is 5.96 Å². The fourth-order valence-electron chi connectivity index (χ4n) is 2.38. The first kappa shape index (κ1) is 15.2. The summed E-state index contributed by atoms with van der Waals surface area (Å²) in [6.07, 6.45) is 3.97. The lowest BCUT2D eigenvalue weighted by atomic mass is 9.85. The number of hydrogen-bond acceptors (Lipinski definition) is 1. The number of benzene rings is 1. The lowest BCUT2D eigenvalue weighted by Crippen LogP contribution is -2.38. The molecule has 0 aromatic heterocycles.